The van der Waals surface area contributed by atoms with E-state index in [2.05, 4.69) is 119 Å². The fourth-order valence-electron chi connectivity index (χ4n) is 9.53. The molecule has 1 aromatic rings. The Kier molecular flexibility index (Phi) is 19.7. The van der Waals surface area contributed by atoms with E-state index in [1.807, 2.05) is 20.1 Å². The summed E-state index contributed by atoms with van der Waals surface area (Å²) in [5, 5.41) is 2.21. The van der Waals surface area contributed by atoms with Crippen molar-refractivity contribution in [1.29, 1.82) is 0 Å². The van der Waals surface area contributed by atoms with Crippen LogP contribution >= 0.6 is 23.1 Å². The highest BCUT2D eigenvalue weighted by Gasteiger charge is 2.59. The van der Waals surface area contributed by atoms with Gasteiger partial charge in [-0.3, -0.25) is 14.5 Å². The maximum absolute atomic E-state index is 15.2. The van der Waals surface area contributed by atoms with Crippen molar-refractivity contribution in [2.45, 2.75) is 225 Å². The fourth-order valence-corrected chi connectivity index (χ4v) is 17.8. The number of Topliss-reactive ketones (excluding diaryl/α,β-unsaturated/α-hetero) is 1. The van der Waals surface area contributed by atoms with Crippen LogP contribution in [0.2, 0.25) is 54.4 Å². The highest BCUT2D eigenvalue weighted by molar-refractivity contribution is 8.00. The number of rotatable bonds is 17. The van der Waals surface area contributed by atoms with Gasteiger partial charge in [0.05, 0.1) is 24.3 Å². The second kappa shape index (κ2) is 22.0. The molecule has 0 spiro atoms. The number of thiazole rings is 1. The van der Waals surface area contributed by atoms with Gasteiger partial charge in [0, 0.05) is 47.9 Å². The molecule has 3 rings (SSSR count). The molecule has 13 heteroatoms. The van der Waals surface area contributed by atoms with Crippen molar-refractivity contribution in [3.8, 4) is 0 Å². The number of esters is 1. The van der Waals surface area contributed by atoms with E-state index in [0.717, 1.165) is 77.7 Å². The Labute approximate surface area is 379 Å². The van der Waals surface area contributed by atoms with E-state index in [-0.39, 0.29) is 52.7 Å². The molecule has 0 radical (unpaired) electrons. The molecular formula is C47H88N2O6S2Si3. The van der Waals surface area contributed by atoms with Crippen LogP contribution < -0.4 is 0 Å². The number of carbonyl (C=O) groups excluding carboxylic acids is 2. The third-order valence-corrected chi connectivity index (χ3v) is 31.5. The minimum atomic E-state index is -2.26. The molecule has 8 nitrogen and oxygen atoms in total. The molecule has 346 valence electrons. The Morgan fingerprint density at radius 3 is 2.07 bits per heavy atom. The zero-order valence-electron chi connectivity index (χ0n) is 41.5. The number of carbonyl (C=O) groups is 2. The van der Waals surface area contributed by atoms with Gasteiger partial charge in [-0.1, -0.05) is 108 Å². The van der Waals surface area contributed by atoms with E-state index in [0.29, 0.717) is 13.0 Å². The number of ketones is 1. The molecule has 2 aliphatic rings. The molecule has 0 saturated carbocycles. The average molecular weight is 926 g/mol. The van der Waals surface area contributed by atoms with Crippen molar-refractivity contribution in [3.63, 3.8) is 0 Å². The molecular weight excluding hydrogens is 837 g/mol. The summed E-state index contributed by atoms with van der Waals surface area (Å²) >= 11 is 3.28. The van der Waals surface area contributed by atoms with E-state index in [1.54, 1.807) is 23.1 Å². The quantitative estimate of drug-likeness (QED) is 0.0656. The normalized spacial score (nSPS) is 29.3. The topological polar surface area (TPSA) is 87.0 Å². The largest absolute Gasteiger partial charge is 0.458 e. The lowest BCUT2D eigenvalue weighted by molar-refractivity contribution is -0.153. The summed E-state index contributed by atoms with van der Waals surface area (Å²) in [7, 11) is -6.27. The van der Waals surface area contributed by atoms with Crippen LogP contribution in [0.25, 0.3) is 6.08 Å². The standard InChI is InChI=1S/C47H88N2O6S2Si3/c1-19-59(20-2,21-3)54-40-32-41(50)53-38(35(8)30-37-33-57-44(48-37)56-16)31-39-47(15,49(39)28-29-52-58(17,18)45(10,11)12)27-25-26-34(7)42(36(9)43(51)46(40,13)14)55-60(22-4,23-5)24-6/h30,33-34,36,38-40,42H,19-29,31-32H2,1-18H3/b35-30+/t34-,36+,38?,39-,40-,42-,47+,49?/m0/s1. The summed E-state index contributed by atoms with van der Waals surface area (Å²) < 4.78 is 29.1. The smallest absolute Gasteiger partial charge is 0.309 e. The molecule has 0 aliphatic carbocycles. The van der Waals surface area contributed by atoms with Crippen molar-refractivity contribution < 1.29 is 27.6 Å². The number of fused-ring (bicyclic) bond motifs is 1. The van der Waals surface area contributed by atoms with Gasteiger partial charge in [-0.15, -0.1) is 11.3 Å². The molecule has 2 fully saturated rings. The van der Waals surface area contributed by atoms with Crippen molar-refractivity contribution in [1.82, 2.24) is 9.88 Å². The van der Waals surface area contributed by atoms with Gasteiger partial charge in [0.15, 0.2) is 25.0 Å². The Morgan fingerprint density at radius 2 is 1.55 bits per heavy atom. The van der Waals surface area contributed by atoms with Gasteiger partial charge < -0.3 is 18.0 Å². The molecule has 60 heavy (non-hydrogen) atoms. The molecule has 2 saturated heterocycles. The van der Waals surface area contributed by atoms with Gasteiger partial charge in [0.1, 0.15) is 16.2 Å². The molecule has 2 aliphatic heterocycles. The summed E-state index contributed by atoms with van der Waals surface area (Å²) in [6, 6.07) is 6.10. The maximum Gasteiger partial charge on any atom is 0.309 e. The fraction of sp³-hybridized carbons (Fsp3) is 0.851. The van der Waals surface area contributed by atoms with Crippen LogP contribution in [0.3, 0.4) is 0 Å². The van der Waals surface area contributed by atoms with Crippen molar-refractivity contribution in [3.05, 3.63) is 16.6 Å². The SMILES string of the molecule is CC[Si](CC)(CC)O[C@H]1[C@@H](C)CCC[C@]2(C)[C@H](CC(/C(C)=C/c3csc(SC)n3)OC(=O)C[C@H](O[Si](CC)(CC)CC)C(C)(C)C(=O)[C@@H]1C)N2CCO[Si](C)(C)C(C)(C)C. The lowest BCUT2D eigenvalue weighted by Gasteiger charge is -2.44. The van der Waals surface area contributed by atoms with Gasteiger partial charge in [-0.2, -0.15) is 0 Å². The Hall–Kier alpha value is -0.649. The Bertz CT molecular complexity index is 1550. The van der Waals surface area contributed by atoms with E-state index in [4.69, 9.17) is 23.0 Å². The number of thioether (sulfide) groups is 1. The average Bonchev–Trinajstić information content (AvgIpc) is 3.47. The van der Waals surface area contributed by atoms with E-state index >= 15 is 4.79 Å². The number of cyclic esters (lactones) is 1. The summed E-state index contributed by atoms with van der Waals surface area (Å²) in [6.07, 6.45) is 6.63. The second-order valence-corrected chi connectivity index (χ2v) is 36.8. The van der Waals surface area contributed by atoms with Crippen LogP contribution in [0.5, 0.6) is 0 Å². The molecule has 0 amide bonds. The molecule has 1 aromatic heterocycles. The van der Waals surface area contributed by atoms with E-state index in [1.165, 1.54) is 0 Å². The first-order valence-electron chi connectivity index (χ1n) is 23.6. The summed E-state index contributed by atoms with van der Waals surface area (Å²) in [5.41, 5.74) is 0.870. The lowest BCUT2D eigenvalue weighted by atomic mass is 9.73. The van der Waals surface area contributed by atoms with Gasteiger partial charge in [-0.05, 0) is 105 Å². The van der Waals surface area contributed by atoms with Crippen LogP contribution in [0, 0.1) is 17.3 Å². The summed E-state index contributed by atoms with van der Waals surface area (Å²) in [4.78, 5) is 37.3. The highest BCUT2D eigenvalue weighted by atomic mass is 32.2. The van der Waals surface area contributed by atoms with Crippen LogP contribution in [-0.4, -0.2) is 95.9 Å². The molecule has 8 atom stereocenters. The first-order valence-corrected chi connectivity index (χ1v) is 33.6. The monoisotopic (exact) mass is 925 g/mol. The first-order chi connectivity index (χ1) is 27.9. The molecule has 3 heterocycles. The first kappa shape index (κ1) is 53.7. The molecule has 2 unspecified atom stereocenters. The van der Waals surface area contributed by atoms with Crippen LogP contribution in [0.1, 0.15) is 142 Å². The predicted octanol–water partition coefficient (Wildman–Crippen LogP) is 13.3. The number of nitrogens with zero attached hydrogens (tertiary/aromatic N) is 2. The highest BCUT2D eigenvalue weighted by Crippen LogP contribution is 2.49. The third-order valence-electron chi connectivity index (χ3n) is 15.8. The van der Waals surface area contributed by atoms with E-state index in [9.17, 15) is 4.79 Å². The van der Waals surface area contributed by atoms with E-state index < -0.39 is 42.6 Å². The Morgan fingerprint density at radius 1 is 0.983 bits per heavy atom. The minimum Gasteiger partial charge on any atom is -0.458 e. The van der Waals surface area contributed by atoms with Gasteiger partial charge in [0.25, 0.3) is 0 Å². The van der Waals surface area contributed by atoms with Crippen molar-refractivity contribution in [2.75, 3.05) is 19.4 Å². The van der Waals surface area contributed by atoms with Gasteiger partial charge in [0.2, 0.25) is 0 Å². The number of hydrogen-bond acceptors (Lipinski definition) is 10. The zero-order valence-corrected chi connectivity index (χ0v) is 46.1. The minimum absolute atomic E-state index is 0.0297. The van der Waals surface area contributed by atoms with Crippen molar-refractivity contribution >= 4 is 65.9 Å². The predicted molar refractivity (Wildman–Crippen MR) is 264 cm³/mol. The number of ether oxygens (including phenoxy) is 1. The number of aromatic nitrogens is 1. The van der Waals surface area contributed by atoms with Gasteiger partial charge in [-0.25, -0.2) is 4.98 Å². The van der Waals surface area contributed by atoms with Crippen molar-refractivity contribution in [2.24, 2.45) is 17.3 Å². The van der Waals surface area contributed by atoms with Crippen LogP contribution in [0.15, 0.2) is 15.3 Å². The molecule has 0 N–H and O–H groups in total. The van der Waals surface area contributed by atoms with Crippen LogP contribution in [-0.2, 0) is 27.6 Å². The third kappa shape index (κ3) is 12.8. The zero-order chi connectivity index (χ0) is 45.5. The molecule has 0 aromatic carbocycles. The molecule has 0 bridgehead atoms. The lowest BCUT2D eigenvalue weighted by Crippen LogP contribution is -2.53. The second-order valence-electron chi connectivity index (χ2n) is 20.6. The summed E-state index contributed by atoms with van der Waals surface area (Å²) in [5.74, 6) is -0.330. The Balaban J connectivity index is 2.17. The van der Waals surface area contributed by atoms with Gasteiger partial charge >= 0.3 is 5.97 Å². The maximum atomic E-state index is 15.2. The summed E-state index contributed by atoms with van der Waals surface area (Å²) in [6.45, 7) is 39.5. The van der Waals surface area contributed by atoms with Crippen LogP contribution in [0.4, 0.5) is 0 Å². The number of hydrogen-bond donors (Lipinski definition) is 0.